The first-order chi connectivity index (χ1) is 8.42. The fourth-order valence-corrected chi connectivity index (χ4v) is 3.48. The maximum Gasteiger partial charge on any atom is 0.334 e. The lowest BCUT2D eigenvalue weighted by atomic mass is 9.81. The predicted molar refractivity (Wildman–Crippen MR) is 67.7 cm³/mol. The second kappa shape index (κ2) is 3.58. The summed E-state index contributed by atoms with van der Waals surface area (Å²) in [5, 5.41) is 10.6. The highest BCUT2D eigenvalue weighted by molar-refractivity contribution is 5.91. The normalized spacial score (nSPS) is 42.7. The third kappa shape index (κ3) is 1.43. The number of carbonyl (C=O) groups is 1. The lowest BCUT2D eigenvalue weighted by Gasteiger charge is -2.30. The number of ether oxygens (including phenoxy) is 1. The van der Waals surface area contributed by atoms with Crippen LogP contribution in [0.4, 0.5) is 0 Å². The number of hydrogen-bond donors (Lipinski definition) is 1. The van der Waals surface area contributed by atoms with Crippen LogP contribution in [0.3, 0.4) is 0 Å². The lowest BCUT2D eigenvalue weighted by molar-refractivity contribution is -0.140. The highest BCUT2D eigenvalue weighted by atomic mass is 16.6. The van der Waals surface area contributed by atoms with Crippen molar-refractivity contribution in [2.75, 3.05) is 0 Å². The zero-order valence-electron chi connectivity index (χ0n) is 10.8. The first-order valence-electron chi connectivity index (χ1n) is 6.43. The molecule has 3 heteroatoms. The number of allylic oxidation sites excluding steroid dienone is 2. The van der Waals surface area contributed by atoms with E-state index in [1.54, 1.807) is 0 Å². The molecule has 2 aliphatic carbocycles. The Kier molecular flexibility index (Phi) is 2.33. The van der Waals surface area contributed by atoms with Crippen molar-refractivity contribution in [2.45, 2.75) is 38.4 Å². The van der Waals surface area contributed by atoms with Crippen molar-refractivity contribution in [3.63, 3.8) is 0 Å². The molecule has 3 aliphatic rings. The average molecular weight is 246 g/mol. The Labute approximate surface area is 107 Å². The van der Waals surface area contributed by atoms with E-state index in [9.17, 15) is 9.90 Å². The molecule has 1 saturated heterocycles. The van der Waals surface area contributed by atoms with E-state index in [0.717, 1.165) is 17.6 Å². The number of rotatable bonds is 0. The van der Waals surface area contributed by atoms with Gasteiger partial charge in [0.2, 0.25) is 0 Å². The quantitative estimate of drug-likeness (QED) is 0.526. The van der Waals surface area contributed by atoms with Crippen molar-refractivity contribution < 1.29 is 14.6 Å². The molecule has 1 aliphatic heterocycles. The SMILES string of the molecule is C=C1C(=O)O[C@@H]2[C@@H]3C(C)=CC=C3[C@](C)(O)CC[C@@H]12. The van der Waals surface area contributed by atoms with Gasteiger partial charge in [-0.3, -0.25) is 0 Å². The zero-order valence-corrected chi connectivity index (χ0v) is 10.8. The third-order valence-corrected chi connectivity index (χ3v) is 4.59. The molecule has 0 amide bonds. The van der Waals surface area contributed by atoms with Gasteiger partial charge in [-0.1, -0.05) is 24.3 Å². The Morgan fingerprint density at radius 1 is 1.50 bits per heavy atom. The van der Waals surface area contributed by atoms with E-state index < -0.39 is 5.60 Å². The topological polar surface area (TPSA) is 46.5 Å². The maximum absolute atomic E-state index is 11.7. The summed E-state index contributed by atoms with van der Waals surface area (Å²) < 4.78 is 5.50. The van der Waals surface area contributed by atoms with Gasteiger partial charge in [0.25, 0.3) is 0 Å². The molecular formula is C15H18O3. The number of hydrogen-bond acceptors (Lipinski definition) is 3. The van der Waals surface area contributed by atoms with E-state index in [1.807, 2.05) is 26.0 Å². The summed E-state index contributed by atoms with van der Waals surface area (Å²) >= 11 is 0. The molecule has 2 fully saturated rings. The molecule has 0 aromatic carbocycles. The molecule has 4 atom stereocenters. The van der Waals surface area contributed by atoms with Gasteiger partial charge in [-0.2, -0.15) is 0 Å². The predicted octanol–water partition coefficient (Wildman–Crippen LogP) is 2.13. The van der Waals surface area contributed by atoms with Crippen LogP contribution in [0.5, 0.6) is 0 Å². The van der Waals surface area contributed by atoms with Crippen LogP contribution in [0.15, 0.2) is 35.5 Å². The first-order valence-corrected chi connectivity index (χ1v) is 6.43. The molecule has 1 saturated carbocycles. The van der Waals surface area contributed by atoms with E-state index in [1.165, 1.54) is 0 Å². The van der Waals surface area contributed by atoms with Gasteiger partial charge in [-0.05, 0) is 32.3 Å². The number of esters is 1. The number of carbonyl (C=O) groups excluding carboxylic acids is 1. The van der Waals surface area contributed by atoms with Crippen LogP contribution < -0.4 is 0 Å². The van der Waals surface area contributed by atoms with Gasteiger partial charge in [-0.25, -0.2) is 4.79 Å². The molecule has 3 rings (SSSR count). The van der Waals surface area contributed by atoms with E-state index in [0.29, 0.717) is 12.0 Å². The Bertz CT molecular complexity index is 496. The largest absolute Gasteiger partial charge is 0.457 e. The van der Waals surface area contributed by atoms with Gasteiger partial charge in [0.1, 0.15) is 6.10 Å². The van der Waals surface area contributed by atoms with Crippen LogP contribution in [0.25, 0.3) is 0 Å². The number of aliphatic hydroxyl groups is 1. The van der Waals surface area contributed by atoms with Crippen molar-refractivity contribution in [2.24, 2.45) is 11.8 Å². The van der Waals surface area contributed by atoms with E-state index in [-0.39, 0.29) is 23.9 Å². The molecule has 0 spiro atoms. The minimum absolute atomic E-state index is 0.0238. The Morgan fingerprint density at radius 3 is 2.94 bits per heavy atom. The maximum atomic E-state index is 11.7. The molecule has 96 valence electrons. The summed E-state index contributed by atoms with van der Waals surface area (Å²) in [6, 6.07) is 0. The van der Waals surface area contributed by atoms with Crippen LogP contribution >= 0.6 is 0 Å². The Hall–Kier alpha value is -1.35. The molecule has 18 heavy (non-hydrogen) atoms. The fourth-order valence-electron chi connectivity index (χ4n) is 3.48. The van der Waals surface area contributed by atoms with E-state index >= 15 is 0 Å². The van der Waals surface area contributed by atoms with Crippen molar-refractivity contribution >= 4 is 5.97 Å². The van der Waals surface area contributed by atoms with Crippen LogP contribution in [0.2, 0.25) is 0 Å². The Balaban J connectivity index is 2.05. The minimum atomic E-state index is -0.810. The second-order valence-electron chi connectivity index (χ2n) is 5.82. The monoisotopic (exact) mass is 246 g/mol. The highest BCUT2D eigenvalue weighted by Crippen LogP contribution is 2.49. The van der Waals surface area contributed by atoms with Crippen molar-refractivity contribution in [1.82, 2.24) is 0 Å². The summed E-state index contributed by atoms with van der Waals surface area (Å²) in [5.41, 5.74) is 1.90. The van der Waals surface area contributed by atoms with Crippen LogP contribution in [-0.4, -0.2) is 22.8 Å². The summed E-state index contributed by atoms with van der Waals surface area (Å²) in [6.07, 6.45) is 5.23. The number of fused-ring (bicyclic) bond motifs is 3. The molecule has 0 unspecified atom stereocenters. The van der Waals surface area contributed by atoms with Gasteiger partial charge >= 0.3 is 5.97 Å². The van der Waals surface area contributed by atoms with Gasteiger partial charge in [0.05, 0.1) is 5.60 Å². The fraction of sp³-hybridized carbons (Fsp3) is 0.533. The first kappa shape index (κ1) is 11.7. The van der Waals surface area contributed by atoms with Crippen LogP contribution in [-0.2, 0) is 9.53 Å². The smallest absolute Gasteiger partial charge is 0.334 e. The van der Waals surface area contributed by atoms with Gasteiger partial charge in [-0.15, -0.1) is 0 Å². The van der Waals surface area contributed by atoms with Gasteiger partial charge in [0.15, 0.2) is 0 Å². The van der Waals surface area contributed by atoms with Crippen molar-refractivity contribution in [3.05, 3.63) is 35.5 Å². The molecule has 0 radical (unpaired) electrons. The Morgan fingerprint density at radius 2 is 2.22 bits per heavy atom. The molecule has 1 N–H and O–H groups in total. The van der Waals surface area contributed by atoms with Crippen LogP contribution in [0, 0.1) is 11.8 Å². The van der Waals surface area contributed by atoms with Gasteiger partial charge < -0.3 is 9.84 Å². The average Bonchev–Trinajstić information content (AvgIpc) is 2.76. The van der Waals surface area contributed by atoms with Crippen molar-refractivity contribution in [3.8, 4) is 0 Å². The molecule has 0 aromatic heterocycles. The van der Waals surface area contributed by atoms with Crippen LogP contribution in [0.1, 0.15) is 26.7 Å². The van der Waals surface area contributed by atoms with E-state index in [2.05, 4.69) is 6.58 Å². The zero-order chi connectivity index (χ0) is 13.1. The minimum Gasteiger partial charge on any atom is -0.457 e. The molecular weight excluding hydrogens is 228 g/mol. The van der Waals surface area contributed by atoms with E-state index in [4.69, 9.17) is 4.74 Å². The van der Waals surface area contributed by atoms with Gasteiger partial charge in [0, 0.05) is 17.4 Å². The summed E-state index contributed by atoms with van der Waals surface area (Å²) in [6.45, 7) is 7.73. The summed E-state index contributed by atoms with van der Waals surface area (Å²) in [5.74, 6) is -0.206. The standard InChI is InChI=1S/C15H18O3/c1-8-4-5-11-12(8)13-10(6-7-15(11,3)17)9(2)14(16)18-13/h4-5,10,12-13,17H,2,6-7H2,1,3H3/t10-,12+,13-,15+/m0/s1. The molecule has 0 bridgehead atoms. The highest BCUT2D eigenvalue weighted by Gasteiger charge is 2.51. The molecule has 0 aromatic rings. The lowest BCUT2D eigenvalue weighted by Crippen LogP contribution is -2.33. The summed E-state index contributed by atoms with van der Waals surface area (Å²) in [7, 11) is 0. The van der Waals surface area contributed by atoms with Crippen molar-refractivity contribution in [1.29, 1.82) is 0 Å². The molecule has 3 nitrogen and oxygen atoms in total. The second-order valence-corrected chi connectivity index (χ2v) is 5.82. The molecule has 1 heterocycles. The third-order valence-electron chi connectivity index (χ3n) is 4.59. The summed E-state index contributed by atoms with van der Waals surface area (Å²) in [4.78, 5) is 11.7.